The molecule has 2 heterocycles. The van der Waals surface area contributed by atoms with Gasteiger partial charge in [-0.25, -0.2) is 18.1 Å². The highest BCUT2D eigenvalue weighted by atomic mass is 35.5. The van der Waals surface area contributed by atoms with Crippen molar-refractivity contribution in [1.82, 2.24) is 14.6 Å². The molecule has 0 aliphatic carbocycles. The first-order valence-corrected chi connectivity index (χ1v) is 10.5. The van der Waals surface area contributed by atoms with Gasteiger partial charge >= 0.3 is 0 Å². The molecule has 1 aliphatic heterocycles. The zero-order valence-electron chi connectivity index (χ0n) is 14.9. The number of aromatic nitrogens is 1. The quantitative estimate of drug-likeness (QED) is 0.836. The molecule has 0 spiro atoms. The minimum atomic E-state index is -3.50. The van der Waals surface area contributed by atoms with Crippen LogP contribution in [0, 0.1) is 0 Å². The molecule has 0 atom stereocenters. The monoisotopic (exact) mass is 408 g/mol. The number of hydrogen-bond donors (Lipinski definition) is 1. The summed E-state index contributed by atoms with van der Waals surface area (Å²) in [5, 5.41) is 0.600. The maximum Gasteiger partial charge on any atom is 0.253 e. The Morgan fingerprint density at radius 1 is 1.07 bits per heavy atom. The van der Waals surface area contributed by atoms with Crippen LogP contribution in [0.2, 0.25) is 5.02 Å². The molecule has 1 fully saturated rings. The Morgan fingerprint density at radius 2 is 1.81 bits per heavy atom. The summed E-state index contributed by atoms with van der Waals surface area (Å²) in [5.74, 6) is 0.683. The lowest BCUT2D eigenvalue weighted by molar-refractivity contribution is 0.0767. The maximum atomic E-state index is 12.7. The Balaban J connectivity index is 1.68. The predicted molar refractivity (Wildman–Crippen MR) is 105 cm³/mol. The van der Waals surface area contributed by atoms with Gasteiger partial charge in [-0.3, -0.25) is 4.79 Å². The number of sulfonamides is 1. The Morgan fingerprint density at radius 3 is 2.44 bits per heavy atom. The molecule has 0 radical (unpaired) electrons. The summed E-state index contributed by atoms with van der Waals surface area (Å²) in [4.78, 5) is 21.0. The molecule has 0 unspecified atom stereocenters. The van der Waals surface area contributed by atoms with Gasteiger partial charge in [-0.1, -0.05) is 11.6 Å². The van der Waals surface area contributed by atoms with Gasteiger partial charge in [-0.2, -0.15) is 0 Å². The Hall–Kier alpha value is -2.16. The molecule has 2 aromatic rings. The van der Waals surface area contributed by atoms with Gasteiger partial charge in [0.2, 0.25) is 10.0 Å². The van der Waals surface area contributed by atoms with E-state index in [9.17, 15) is 13.2 Å². The third kappa shape index (κ3) is 4.58. The summed E-state index contributed by atoms with van der Waals surface area (Å²) in [6.07, 6.45) is 2.15. The Bertz CT molecular complexity index is 901. The first kappa shape index (κ1) is 19.6. The number of halogens is 1. The minimum absolute atomic E-state index is 0.0167. The van der Waals surface area contributed by atoms with Crippen molar-refractivity contribution in [2.45, 2.75) is 11.3 Å². The van der Waals surface area contributed by atoms with Crippen molar-refractivity contribution in [3.05, 3.63) is 53.2 Å². The van der Waals surface area contributed by atoms with E-state index in [1.165, 1.54) is 19.3 Å². The van der Waals surface area contributed by atoms with Gasteiger partial charge in [0.05, 0.1) is 0 Å². The Kier molecular flexibility index (Phi) is 5.98. The van der Waals surface area contributed by atoms with Crippen molar-refractivity contribution in [2.24, 2.45) is 0 Å². The fourth-order valence-corrected chi connectivity index (χ4v) is 3.76. The van der Waals surface area contributed by atoms with E-state index in [0.717, 1.165) is 13.0 Å². The van der Waals surface area contributed by atoms with Crippen LogP contribution in [0.15, 0.2) is 47.5 Å². The number of carbonyl (C=O) groups is 1. The summed E-state index contributed by atoms with van der Waals surface area (Å²) >= 11 is 5.88. The molecule has 1 N–H and O–H groups in total. The van der Waals surface area contributed by atoms with Gasteiger partial charge < -0.3 is 9.80 Å². The van der Waals surface area contributed by atoms with Gasteiger partial charge in [0.15, 0.2) is 0 Å². The van der Waals surface area contributed by atoms with Crippen molar-refractivity contribution in [2.75, 3.05) is 38.1 Å². The molecule has 0 bridgehead atoms. The normalized spacial score (nSPS) is 15.5. The van der Waals surface area contributed by atoms with Crippen LogP contribution < -0.4 is 9.62 Å². The number of nitrogens with one attached hydrogen (secondary N) is 1. The number of benzene rings is 1. The largest absolute Gasteiger partial charge is 0.355 e. The van der Waals surface area contributed by atoms with E-state index in [-0.39, 0.29) is 10.8 Å². The van der Waals surface area contributed by atoms with Crippen LogP contribution in [0.25, 0.3) is 0 Å². The van der Waals surface area contributed by atoms with Crippen LogP contribution in [0.1, 0.15) is 16.8 Å². The molecule has 9 heteroatoms. The van der Waals surface area contributed by atoms with E-state index >= 15 is 0 Å². The number of rotatable bonds is 4. The minimum Gasteiger partial charge on any atom is -0.355 e. The summed E-state index contributed by atoms with van der Waals surface area (Å²) in [6, 6.07) is 10.1. The van der Waals surface area contributed by atoms with E-state index in [4.69, 9.17) is 11.6 Å². The van der Waals surface area contributed by atoms with Crippen LogP contribution in [0.5, 0.6) is 0 Å². The second-order valence-corrected chi connectivity index (χ2v) is 8.52. The topological polar surface area (TPSA) is 82.6 Å². The van der Waals surface area contributed by atoms with E-state index < -0.39 is 10.0 Å². The highest BCUT2D eigenvalue weighted by Gasteiger charge is 2.21. The van der Waals surface area contributed by atoms with Gasteiger partial charge in [-0.05, 0) is 49.9 Å². The van der Waals surface area contributed by atoms with Gasteiger partial charge in [0.25, 0.3) is 5.91 Å². The van der Waals surface area contributed by atoms with Crippen LogP contribution >= 0.6 is 11.6 Å². The number of anilines is 1. The molecule has 0 saturated carbocycles. The van der Waals surface area contributed by atoms with Crippen LogP contribution in [0.4, 0.5) is 5.82 Å². The third-order valence-electron chi connectivity index (χ3n) is 4.50. The molecular weight excluding hydrogens is 388 g/mol. The van der Waals surface area contributed by atoms with E-state index in [1.807, 2.05) is 4.90 Å². The average molecular weight is 409 g/mol. The van der Waals surface area contributed by atoms with Crippen molar-refractivity contribution in [3.8, 4) is 0 Å². The van der Waals surface area contributed by atoms with E-state index in [2.05, 4.69) is 14.6 Å². The summed E-state index contributed by atoms with van der Waals surface area (Å²) in [5.41, 5.74) is 0.618. The lowest BCUT2D eigenvalue weighted by Gasteiger charge is -2.23. The average Bonchev–Trinajstić information content (AvgIpc) is 2.94. The molecule has 1 aliphatic rings. The number of hydrogen-bond acceptors (Lipinski definition) is 5. The predicted octanol–water partition coefficient (Wildman–Crippen LogP) is 2.00. The van der Waals surface area contributed by atoms with E-state index in [0.29, 0.717) is 36.0 Å². The first-order valence-electron chi connectivity index (χ1n) is 8.60. The zero-order valence-corrected chi connectivity index (χ0v) is 16.5. The fourth-order valence-electron chi connectivity index (χ4n) is 2.96. The number of carbonyl (C=O) groups excluding carboxylic acids is 1. The summed E-state index contributed by atoms with van der Waals surface area (Å²) < 4.78 is 25.9. The smallest absolute Gasteiger partial charge is 0.253 e. The highest BCUT2D eigenvalue weighted by molar-refractivity contribution is 7.89. The molecule has 144 valence electrons. The molecule has 1 aromatic carbocycles. The van der Waals surface area contributed by atoms with Crippen molar-refractivity contribution in [1.29, 1.82) is 0 Å². The standard InChI is InChI=1S/C18H21ClN4O3S/c1-20-27(25,26)16-7-8-17(21-13-16)22-9-2-10-23(12-11-22)18(24)14-3-5-15(19)6-4-14/h3-8,13,20H,2,9-12H2,1H3. The fraction of sp³-hybridized carbons (Fsp3) is 0.333. The molecule has 27 heavy (non-hydrogen) atoms. The lowest BCUT2D eigenvalue weighted by Crippen LogP contribution is -2.35. The third-order valence-corrected chi connectivity index (χ3v) is 6.15. The van der Waals surface area contributed by atoms with Crippen LogP contribution in [-0.2, 0) is 10.0 Å². The SMILES string of the molecule is CNS(=O)(=O)c1ccc(N2CCCN(C(=O)c3ccc(Cl)cc3)CC2)nc1. The Labute approximate surface area is 164 Å². The van der Waals surface area contributed by atoms with Crippen molar-refractivity contribution < 1.29 is 13.2 Å². The van der Waals surface area contributed by atoms with Crippen LogP contribution in [0.3, 0.4) is 0 Å². The maximum absolute atomic E-state index is 12.7. The molecule has 3 rings (SSSR count). The number of nitrogens with zero attached hydrogens (tertiary/aromatic N) is 3. The zero-order chi connectivity index (χ0) is 19.4. The summed E-state index contributed by atoms with van der Waals surface area (Å²) in [7, 11) is -2.13. The molecular formula is C18H21ClN4O3S. The molecule has 1 saturated heterocycles. The van der Waals surface area contributed by atoms with Crippen molar-refractivity contribution in [3.63, 3.8) is 0 Å². The second kappa shape index (κ2) is 8.24. The number of amides is 1. The van der Waals surface area contributed by atoms with Crippen molar-refractivity contribution >= 4 is 33.3 Å². The van der Waals surface area contributed by atoms with Gasteiger partial charge in [-0.15, -0.1) is 0 Å². The van der Waals surface area contributed by atoms with Gasteiger partial charge in [0, 0.05) is 43.0 Å². The second-order valence-electron chi connectivity index (χ2n) is 6.20. The first-order chi connectivity index (χ1) is 12.9. The lowest BCUT2D eigenvalue weighted by atomic mass is 10.2. The number of pyridine rings is 1. The molecule has 1 aromatic heterocycles. The van der Waals surface area contributed by atoms with Crippen LogP contribution in [-0.4, -0.2) is 57.4 Å². The molecule has 7 nitrogen and oxygen atoms in total. The van der Waals surface area contributed by atoms with Gasteiger partial charge in [0.1, 0.15) is 10.7 Å². The van der Waals surface area contributed by atoms with E-state index in [1.54, 1.807) is 30.3 Å². The molecule has 1 amide bonds. The highest BCUT2D eigenvalue weighted by Crippen LogP contribution is 2.18. The summed E-state index contributed by atoms with van der Waals surface area (Å²) in [6.45, 7) is 2.60.